The van der Waals surface area contributed by atoms with Crippen LogP contribution in [-0.2, 0) is 4.74 Å². The minimum Gasteiger partial charge on any atom is -0.436 e. The van der Waals surface area contributed by atoms with Crippen molar-refractivity contribution in [3.63, 3.8) is 0 Å². The van der Waals surface area contributed by atoms with Gasteiger partial charge in [-0.15, -0.1) is 6.42 Å². The fourth-order valence-corrected chi connectivity index (χ4v) is 0.640. The average Bonchev–Trinajstić information content (AvgIpc) is 2.00. The summed E-state index contributed by atoms with van der Waals surface area (Å²) in [4.78, 5) is 12.4. The Kier molecular flexibility index (Phi) is 5.01. The average molecular weight is 155 g/mol. The van der Waals surface area contributed by atoms with Crippen molar-refractivity contribution in [1.82, 2.24) is 4.90 Å². The minimum atomic E-state index is -0.357. The van der Waals surface area contributed by atoms with E-state index in [-0.39, 0.29) is 12.7 Å². The first-order chi connectivity index (χ1) is 5.22. The zero-order valence-corrected chi connectivity index (χ0v) is 6.96. The number of hydrogen-bond acceptors (Lipinski definition) is 2. The zero-order chi connectivity index (χ0) is 8.69. The second-order valence-electron chi connectivity index (χ2n) is 2.18. The quantitative estimate of drug-likeness (QED) is 0.571. The van der Waals surface area contributed by atoms with Crippen LogP contribution in [0.2, 0.25) is 0 Å². The van der Waals surface area contributed by atoms with Gasteiger partial charge >= 0.3 is 6.09 Å². The SMILES string of the molecule is C#CCOC(=O)N(C)CCC. The van der Waals surface area contributed by atoms with E-state index in [1.54, 1.807) is 7.05 Å². The number of ether oxygens (including phenoxy) is 1. The molecule has 1 amide bonds. The van der Waals surface area contributed by atoms with Gasteiger partial charge in [0.1, 0.15) is 0 Å². The highest BCUT2D eigenvalue weighted by atomic mass is 16.6. The van der Waals surface area contributed by atoms with Crippen LogP contribution in [0.3, 0.4) is 0 Å². The van der Waals surface area contributed by atoms with E-state index in [2.05, 4.69) is 10.7 Å². The minimum absolute atomic E-state index is 0.0485. The number of terminal acetylenes is 1. The molecule has 0 bridgehead atoms. The van der Waals surface area contributed by atoms with E-state index in [0.29, 0.717) is 6.54 Å². The third-order valence-electron chi connectivity index (χ3n) is 1.15. The molecule has 62 valence electrons. The van der Waals surface area contributed by atoms with Gasteiger partial charge in [-0.25, -0.2) is 4.79 Å². The summed E-state index contributed by atoms with van der Waals surface area (Å²) in [5, 5.41) is 0. The van der Waals surface area contributed by atoms with E-state index in [1.165, 1.54) is 4.90 Å². The molecule has 0 unspecified atom stereocenters. The van der Waals surface area contributed by atoms with Gasteiger partial charge in [-0.2, -0.15) is 0 Å². The molecule has 0 fully saturated rings. The fraction of sp³-hybridized carbons (Fsp3) is 0.625. The van der Waals surface area contributed by atoms with Crippen LogP contribution in [0.1, 0.15) is 13.3 Å². The molecule has 0 heterocycles. The molecule has 0 atom stereocenters. The molecule has 0 saturated heterocycles. The second-order valence-corrected chi connectivity index (χ2v) is 2.18. The molecule has 3 heteroatoms. The highest BCUT2D eigenvalue weighted by Crippen LogP contribution is 1.90. The Morgan fingerprint density at radius 3 is 2.82 bits per heavy atom. The molecule has 0 N–H and O–H groups in total. The molecule has 0 aromatic heterocycles. The monoisotopic (exact) mass is 155 g/mol. The van der Waals surface area contributed by atoms with Crippen LogP contribution in [-0.4, -0.2) is 31.2 Å². The number of rotatable bonds is 3. The van der Waals surface area contributed by atoms with Crippen LogP contribution in [0, 0.1) is 12.3 Å². The molecule has 0 spiro atoms. The number of nitrogens with zero attached hydrogens (tertiary/aromatic N) is 1. The highest BCUT2D eigenvalue weighted by molar-refractivity contribution is 5.67. The van der Waals surface area contributed by atoms with Crippen LogP contribution in [0.25, 0.3) is 0 Å². The standard InChI is InChI=1S/C8H13NO2/c1-4-6-9(3)8(10)11-7-5-2/h2H,4,6-7H2,1,3H3. The maximum Gasteiger partial charge on any atom is 0.410 e. The van der Waals surface area contributed by atoms with Crippen LogP contribution in [0.4, 0.5) is 4.79 Å². The molecule has 0 aliphatic rings. The van der Waals surface area contributed by atoms with E-state index < -0.39 is 0 Å². The Balaban J connectivity index is 3.57. The summed E-state index contributed by atoms with van der Waals surface area (Å²) in [5.74, 6) is 2.23. The second kappa shape index (κ2) is 5.60. The maximum absolute atomic E-state index is 10.9. The Morgan fingerprint density at radius 1 is 1.73 bits per heavy atom. The zero-order valence-electron chi connectivity index (χ0n) is 6.96. The van der Waals surface area contributed by atoms with Gasteiger partial charge in [0.25, 0.3) is 0 Å². The van der Waals surface area contributed by atoms with Crippen molar-refractivity contribution in [2.45, 2.75) is 13.3 Å². The van der Waals surface area contributed by atoms with E-state index in [1.807, 2.05) is 6.92 Å². The van der Waals surface area contributed by atoms with Crippen LogP contribution in [0.5, 0.6) is 0 Å². The Morgan fingerprint density at radius 2 is 2.36 bits per heavy atom. The largest absolute Gasteiger partial charge is 0.436 e. The van der Waals surface area contributed by atoms with Gasteiger partial charge in [0.2, 0.25) is 0 Å². The number of amides is 1. The number of carbonyl (C=O) groups excluding carboxylic acids is 1. The van der Waals surface area contributed by atoms with Gasteiger partial charge in [0.15, 0.2) is 6.61 Å². The fourth-order valence-electron chi connectivity index (χ4n) is 0.640. The van der Waals surface area contributed by atoms with Crippen molar-refractivity contribution in [1.29, 1.82) is 0 Å². The molecular formula is C8H13NO2. The number of carbonyl (C=O) groups is 1. The normalized spacial score (nSPS) is 8.45. The lowest BCUT2D eigenvalue weighted by atomic mass is 10.5. The lowest BCUT2D eigenvalue weighted by Crippen LogP contribution is -2.28. The predicted molar refractivity (Wildman–Crippen MR) is 43.1 cm³/mol. The highest BCUT2D eigenvalue weighted by Gasteiger charge is 2.06. The first-order valence-electron chi connectivity index (χ1n) is 3.53. The predicted octanol–water partition coefficient (Wildman–Crippen LogP) is 1.10. The van der Waals surface area contributed by atoms with Crippen LogP contribution < -0.4 is 0 Å². The summed E-state index contributed by atoms with van der Waals surface area (Å²) < 4.78 is 4.66. The van der Waals surface area contributed by atoms with E-state index in [9.17, 15) is 4.79 Å². The molecule has 0 saturated carbocycles. The van der Waals surface area contributed by atoms with Crippen LogP contribution in [0.15, 0.2) is 0 Å². The molecule has 0 aliphatic heterocycles. The molecule has 0 aromatic rings. The van der Waals surface area contributed by atoms with E-state index >= 15 is 0 Å². The Bertz CT molecular complexity index is 160. The molecule has 0 rings (SSSR count). The summed E-state index contributed by atoms with van der Waals surface area (Å²) >= 11 is 0. The van der Waals surface area contributed by atoms with Gasteiger partial charge in [-0.1, -0.05) is 12.8 Å². The molecule has 0 aliphatic carbocycles. The third-order valence-corrected chi connectivity index (χ3v) is 1.15. The van der Waals surface area contributed by atoms with Crippen molar-refractivity contribution in [3.8, 4) is 12.3 Å². The molecule has 0 radical (unpaired) electrons. The van der Waals surface area contributed by atoms with Gasteiger partial charge < -0.3 is 9.64 Å². The summed E-state index contributed by atoms with van der Waals surface area (Å²) in [5.41, 5.74) is 0. The molecular weight excluding hydrogens is 142 g/mol. The summed E-state index contributed by atoms with van der Waals surface area (Å²) in [7, 11) is 1.68. The lowest BCUT2D eigenvalue weighted by Gasteiger charge is -2.14. The molecule has 3 nitrogen and oxygen atoms in total. The first-order valence-corrected chi connectivity index (χ1v) is 3.53. The van der Waals surface area contributed by atoms with Crippen LogP contribution >= 0.6 is 0 Å². The first kappa shape index (κ1) is 9.83. The smallest absolute Gasteiger partial charge is 0.410 e. The summed E-state index contributed by atoms with van der Waals surface area (Å²) in [6, 6.07) is 0. The van der Waals surface area contributed by atoms with Gasteiger partial charge in [-0.05, 0) is 6.42 Å². The van der Waals surface area contributed by atoms with Gasteiger partial charge in [0, 0.05) is 13.6 Å². The lowest BCUT2D eigenvalue weighted by molar-refractivity contribution is 0.123. The van der Waals surface area contributed by atoms with E-state index in [4.69, 9.17) is 6.42 Å². The topological polar surface area (TPSA) is 29.5 Å². The van der Waals surface area contributed by atoms with Crippen molar-refractivity contribution >= 4 is 6.09 Å². The van der Waals surface area contributed by atoms with Crippen molar-refractivity contribution in [3.05, 3.63) is 0 Å². The van der Waals surface area contributed by atoms with Crippen molar-refractivity contribution in [2.75, 3.05) is 20.2 Å². The number of hydrogen-bond donors (Lipinski definition) is 0. The molecule has 0 aromatic carbocycles. The Labute approximate surface area is 67.3 Å². The van der Waals surface area contributed by atoms with E-state index in [0.717, 1.165) is 6.42 Å². The molecule has 11 heavy (non-hydrogen) atoms. The Hall–Kier alpha value is -1.17. The summed E-state index contributed by atoms with van der Waals surface area (Å²) in [6.07, 6.45) is 5.47. The van der Waals surface area contributed by atoms with Crippen molar-refractivity contribution < 1.29 is 9.53 Å². The summed E-state index contributed by atoms with van der Waals surface area (Å²) in [6.45, 7) is 2.74. The maximum atomic E-state index is 10.9. The van der Waals surface area contributed by atoms with Gasteiger partial charge in [-0.3, -0.25) is 0 Å². The van der Waals surface area contributed by atoms with Crippen molar-refractivity contribution in [2.24, 2.45) is 0 Å². The van der Waals surface area contributed by atoms with Gasteiger partial charge in [0.05, 0.1) is 0 Å². The third kappa shape index (κ3) is 4.26.